The molecule has 0 aromatic carbocycles. The van der Waals surface area contributed by atoms with E-state index in [9.17, 15) is 5.11 Å². The monoisotopic (exact) mass is 224 g/mol. The molecule has 94 valence electrons. The smallest absolute Gasteiger partial charge is 0.0648 e. The molecule has 2 fully saturated rings. The minimum absolute atomic E-state index is 0.307. The maximum atomic E-state index is 10.6. The van der Waals surface area contributed by atoms with Gasteiger partial charge in [0.25, 0.3) is 0 Å². The Morgan fingerprint density at radius 2 is 1.50 bits per heavy atom. The molecule has 1 spiro atoms. The van der Waals surface area contributed by atoms with Crippen LogP contribution in [0, 0.1) is 11.3 Å². The van der Waals surface area contributed by atoms with Crippen molar-refractivity contribution < 1.29 is 5.11 Å². The second-order valence-corrected chi connectivity index (χ2v) is 6.86. The number of hydrogen-bond donors (Lipinski definition) is 1. The standard InChI is InChI=1S/C15H28O/c1-13(2)5-8-15(16)11-9-14(10-12-15)6-3-4-7-14/h13,16H,3-12H2,1-2H3. The molecule has 0 atom stereocenters. The van der Waals surface area contributed by atoms with Gasteiger partial charge in [-0.3, -0.25) is 0 Å². The van der Waals surface area contributed by atoms with Crippen molar-refractivity contribution in [1.82, 2.24) is 0 Å². The predicted octanol–water partition coefficient (Wildman–Crippen LogP) is 4.29. The quantitative estimate of drug-likeness (QED) is 0.758. The zero-order chi connectivity index (χ0) is 11.6. The Bertz CT molecular complexity index is 216. The molecule has 0 radical (unpaired) electrons. The third kappa shape index (κ3) is 2.80. The lowest BCUT2D eigenvalue weighted by Gasteiger charge is -2.42. The molecule has 2 rings (SSSR count). The normalized spacial score (nSPS) is 27.8. The maximum Gasteiger partial charge on any atom is 0.0648 e. The Morgan fingerprint density at radius 1 is 0.938 bits per heavy atom. The van der Waals surface area contributed by atoms with Crippen LogP contribution in [0.5, 0.6) is 0 Å². The number of hydrogen-bond acceptors (Lipinski definition) is 1. The van der Waals surface area contributed by atoms with Crippen molar-refractivity contribution in [2.45, 2.75) is 83.7 Å². The molecule has 0 unspecified atom stereocenters. The Kier molecular flexibility index (Phi) is 3.63. The molecule has 2 aliphatic carbocycles. The summed E-state index contributed by atoms with van der Waals surface area (Å²) in [5.74, 6) is 0.728. The number of rotatable bonds is 3. The molecule has 0 aromatic heterocycles. The van der Waals surface area contributed by atoms with Gasteiger partial charge >= 0.3 is 0 Å². The lowest BCUT2D eigenvalue weighted by molar-refractivity contribution is -0.0419. The summed E-state index contributed by atoms with van der Waals surface area (Å²) >= 11 is 0. The van der Waals surface area contributed by atoms with E-state index in [1.165, 1.54) is 44.9 Å². The van der Waals surface area contributed by atoms with Crippen molar-refractivity contribution in [3.05, 3.63) is 0 Å². The van der Waals surface area contributed by atoms with Crippen molar-refractivity contribution >= 4 is 0 Å². The van der Waals surface area contributed by atoms with Crippen LogP contribution in [0.3, 0.4) is 0 Å². The van der Waals surface area contributed by atoms with Gasteiger partial charge in [0.1, 0.15) is 0 Å². The largest absolute Gasteiger partial charge is 0.390 e. The van der Waals surface area contributed by atoms with Gasteiger partial charge in [0.2, 0.25) is 0 Å². The van der Waals surface area contributed by atoms with Gasteiger partial charge in [-0.15, -0.1) is 0 Å². The molecular weight excluding hydrogens is 196 g/mol. The van der Waals surface area contributed by atoms with E-state index in [0.717, 1.165) is 25.2 Å². The molecule has 1 N–H and O–H groups in total. The summed E-state index contributed by atoms with van der Waals surface area (Å²) in [6.45, 7) is 4.51. The zero-order valence-corrected chi connectivity index (χ0v) is 11.1. The van der Waals surface area contributed by atoms with Gasteiger partial charge in [-0.1, -0.05) is 26.7 Å². The van der Waals surface area contributed by atoms with Gasteiger partial charge in [0, 0.05) is 0 Å². The van der Waals surface area contributed by atoms with Crippen LogP contribution in [0.4, 0.5) is 0 Å². The Hall–Kier alpha value is -0.0400. The van der Waals surface area contributed by atoms with Crippen molar-refractivity contribution in [1.29, 1.82) is 0 Å². The van der Waals surface area contributed by atoms with Crippen LogP contribution in [-0.4, -0.2) is 10.7 Å². The number of aliphatic hydroxyl groups is 1. The highest BCUT2D eigenvalue weighted by Crippen LogP contribution is 2.52. The molecular formula is C15H28O. The third-order valence-corrected chi connectivity index (χ3v) is 5.09. The van der Waals surface area contributed by atoms with Crippen LogP contribution in [0.15, 0.2) is 0 Å². The van der Waals surface area contributed by atoms with E-state index < -0.39 is 0 Å². The van der Waals surface area contributed by atoms with Gasteiger partial charge in [-0.25, -0.2) is 0 Å². The third-order valence-electron chi connectivity index (χ3n) is 5.09. The SMILES string of the molecule is CC(C)CCC1(O)CCC2(CCCC2)CC1. The van der Waals surface area contributed by atoms with Crippen molar-refractivity contribution in [3.63, 3.8) is 0 Å². The van der Waals surface area contributed by atoms with Crippen LogP contribution >= 0.6 is 0 Å². The molecule has 0 bridgehead atoms. The first-order valence-corrected chi connectivity index (χ1v) is 7.26. The Labute approximate surface area is 101 Å². The van der Waals surface area contributed by atoms with E-state index in [1.807, 2.05) is 0 Å². The lowest BCUT2D eigenvalue weighted by atomic mass is 9.66. The molecule has 0 heterocycles. The molecule has 1 heteroatoms. The molecule has 0 saturated heterocycles. The topological polar surface area (TPSA) is 20.2 Å². The van der Waals surface area contributed by atoms with E-state index in [0.29, 0.717) is 5.41 Å². The summed E-state index contributed by atoms with van der Waals surface area (Å²) in [5, 5.41) is 10.6. The Morgan fingerprint density at radius 3 is 2.00 bits per heavy atom. The summed E-state index contributed by atoms with van der Waals surface area (Å²) in [5.41, 5.74) is 0.349. The molecule has 2 aliphatic rings. The lowest BCUT2D eigenvalue weighted by Crippen LogP contribution is -2.38. The minimum Gasteiger partial charge on any atom is -0.390 e. The fourth-order valence-electron chi connectivity index (χ4n) is 3.68. The maximum absolute atomic E-state index is 10.6. The first-order valence-electron chi connectivity index (χ1n) is 7.26. The fourth-order valence-corrected chi connectivity index (χ4v) is 3.68. The average Bonchev–Trinajstić information content (AvgIpc) is 2.70. The van der Waals surface area contributed by atoms with Crippen molar-refractivity contribution in [2.75, 3.05) is 0 Å². The van der Waals surface area contributed by atoms with Crippen LogP contribution < -0.4 is 0 Å². The fraction of sp³-hybridized carbons (Fsp3) is 1.00. The Balaban J connectivity index is 1.83. The highest BCUT2D eigenvalue weighted by atomic mass is 16.3. The second-order valence-electron chi connectivity index (χ2n) is 6.86. The summed E-state index contributed by atoms with van der Waals surface area (Å²) in [4.78, 5) is 0. The van der Waals surface area contributed by atoms with Crippen LogP contribution in [0.2, 0.25) is 0 Å². The zero-order valence-electron chi connectivity index (χ0n) is 11.1. The molecule has 0 amide bonds. The molecule has 1 nitrogen and oxygen atoms in total. The van der Waals surface area contributed by atoms with E-state index in [1.54, 1.807) is 0 Å². The van der Waals surface area contributed by atoms with Gasteiger partial charge in [-0.2, -0.15) is 0 Å². The highest BCUT2D eigenvalue weighted by molar-refractivity contribution is 4.95. The summed E-state index contributed by atoms with van der Waals surface area (Å²) in [6, 6.07) is 0. The first-order chi connectivity index (χ1) is 7.54. The van der Waals surface area contributed by atoms with Crippen LogP contribution in [0.25, 0.3) is 0 Å². The predicted molar refractivity (Wildman–Crippen MR) is 68.4 cm³/mol. The summed E-state index contributed by atoms with van der Waals surface area (Å²) < 4.78 is 0. The van der Waals surface area contributed by atoms with Crippen LogP contribution in [0.1, 0.15) is 78.1 Å². The molecule has 0 aliphatic heterocycles. The summed E-state index contributed by atoms with van der Waals surface area (Å²) in [6.07, 6.45) is 12.7. The van der Waals surface area contributed by atoms with Gasteiger partial charge in [0.15, 0.2) is 0 Å². The molecule has 0 aromatic rings. The molecule has 16 heavy (non-hydrogen) atoms. The van der Waals surface area contributed by atoms with Gasteiger partial charge in [-0.05, 0) is 62.7 Å². The molecule has 2 saturated carbocycles. The van der Waals surface area contributed by atoms with Crippen molar-refractivity contribution in [3.8, 4) is 0 Å². The second kappa shape index (κ2) is 4.68. The van der Waals surface area contributed by atoms with Gasteiger partial charge < -0.3 is 5.11 Å². The average molecular weight is 224 g/mol. The van der Waals surface area contributed by atoms with E-state index in [-0.39, 0.29) is 5.60 Å². The van der Waals surface area contributed by atoms with Crippen LogP contribution in [-0.2, 0) is 0 Å². The van der Waals surface area contributed by atoms with E-state index in [2.05, 4.69) is 13.8 Å². The first kappa shape index (κ1) is 12.4. The van der Waals surface area contributed by atoms with Gasteiger partial charge in [0.05, 0.1) is 5.60 Å². The highest BCUT2D eigenvalue weighted by Gasteiger charge is 2.42. The van der Waals surface area contributed by atoms with E-state index >= 15 is 0 Å². The minimum atomic E-state index is -0.307. The van der Waals surface area contributed by atoms with Crippen molar-refractivity contribution in [2.24, 2.45) is 11.3 Å². The van der Waals surface area contributed by atoms with E-state index in [4.69, 9.17) is 0 Å². The summed E-state index contributed by atoms with van der Waals surface area (Å²) in [7, 11) is 0.